The Hall–Kier alpha value is -2.27. The SMILES string of the molecule is CNC(=O)c1ccc(CN(C)C(=O)CSc2ccc3c(c2)CCC3)cc1. The fourth-order valence-electron chi connectivity index (χ4n) is 3.16. The second-order valence-corrected chi connectivity index (χ2v) is 7.65. The molecule has 0 radical (unpaired) electrons. The van der Waals surface area contributed by atoms with Gasteiger partial charge in [0.1, 0.15) is 0 Å². The van der Waals surface area contributed by atoms with E-state index in [1.54, 1.807) is 35.8 Å². The Labute approximate surface area is 159 Å². The van der Waals surface area contributed by atoms with Gasteiger partial charge in [-0.15, -0.1) is 11.8 Å². The first-order valence-electron chi connectivity index (χ1n) is 8.86. The van der Waals surface area contributed by atoms with Crippen molar-refractivity contribution in [2.75, 3.05) is 19.8 Å². The van der Waals surface area contributed by atoms with Gasteiger partial charge < -0.3 is 10.2 Å². The zero-order chi connectivity index (χ0) is 18.5. The van der Waals surface area contributed by atoms with Gasteiger partial charge in [0.15, 0.2) is 0 Å². The third-order valence-corrected chi connectivity index (χ3v) is 5.70. The molecule has 4 nitrogen and oxygen atoms in total. The molecule has 0 saturated carbocycles. The van der Waals surface area contributed by atoms with E-state index in [2.05, 4.69) is 23.5 Å². The predicted molar refractivity (Wildman–Crippen MR) is 105 cm³/mol. The first kappa shape index (κ1) is 18.5. The molecule has 0 heterocycles. The summed E-state index contributed by atoms with van der Waals surface area (Å²) in [6.07, 6.45) is 3.58. The Morgan fingerprint density at radius 1 is 1.08 bits per heavy atom. The summed E-state index contributed by atoms with van der Waals surface area (Å²) in [5.41, 5.74) is 4.53. The van der Waals surface area contributed by atoms with Gasteiger partial charge in [-0.05, 0) is 60.2 Å². The highest BCUT2D eigenvalue weighted by Crippen LogP contribution is 2.27. The zero-order valence-corrected chi connectivity index (χ0v) is 16.1. The zero-order valence-electron chi connectivity index (χ0n) is 15.2. The maximum absolute atomic E-state index is 12.4. The minimum Gasteiger partial charge on any atom is -0.355 e. The van der Waals surface area contributed by atoms with Crippen molar-refractivity contribution in [3.8, 4) is 0 Å². The molecule has 5 heteroatoms. The molecule has 0 unspecified atom stereocenters. The molecular formula is C21H24N2O2S. The first-order chi connectivity index (χ1) is 12.6. The quantitative estimate of drug-likeness (QED) is 0.796. The number of nitrogens with one attached hydrogen (secondary N) is 1. The van der Waals surface area contributed by atoms with Crippen molar-refractivity contribution < 1.29 is 9.59 Å². The molecule has 0 fully saturated rings. The monoisotopic (exact) mass is 368 g/mol. The summed E-state index contributed by atoms with van der Waals surface area (Å²) in [7, 11) is 3.43. The van der Waals surface area contributed by atoms with Crippen LogP contribution >= 0.6 is 11.8 Å². The highest BCUT2D eigenvalue weighted by molar-refractivity contribution is 8.00. The lowest BCUT2D eigenvalue weighted by Crippen LogP contribution is -2.27. The maximum Gasteiger partial charge on any atom is 0.251 e. The molecule has 136 valence electrons. The fraction of sp³-hybridized carbons (Fsp3) is 0.333. The van der Waals surface area contributed by atoms with Crippen LogP contribution in [0.3, 0.4) is 0 Å². The van der Waals surface area contributed by atoms with Crippen molar-refractivity contribution >= 4 is 23.6 Å². The second kappa shape index (κ2) is 8.41. The van der Waals surface area contributed by atoms with Crippen LogP contribution in [0.25, 0.3) is 0 Å². The lowest BCUT2D eigenvalue weighted by molar-refractivity contribution is -0.127. The number of thioether (sulfide) groups is 1. The third kappa shape index (κ3) is 4.47. The van der Waals surface area contributed by atoms with Crippen LogP contribution in [-0.2, 0) is 24.2 Å². The molecule has 0 atom stereocenters. The van der Waals surface area contributed by atoms with Gasteiger partial charge in [0.25, 0.3) is 5.91 Å². The van der Waals surface area contributed by atoms with Gasteiger partial charge in [-0.3, -0.25) is 9.59 Å². The van der Waals surface area contributed by atoms with Crippen LogP contribution in [0.2, 0.25) is 0 Å². The van der Waals surface area contributed by atoms with E-state index < -0.39 is 0 Å². The minimum absolute atomic E-state index is 0.103. The number of carbonyl (C=O) groups is 2. The summed E-state index contributed by atoms with van der Waals surface area (Å²) in [6, 6.07) is 13.9. The van der Waals surface area contributed by atoms with E-state index in [9.17, 15) is 9.59 Å². The second-order valence-electron chi connectivity index (χ2n) is 6.60. The van der Waals surface area contributed by atoms with Crippen molar-refractivity contribution in [2.45, 2.75) is 30.7 Å². The molecule has 2 amide bonds. The summed E-state index contributed by atoms with van der Waals surface area (Å²) in [5, 5.41) is 2.60. The van der Waals surface area contributed by atoms with E-state index in [1.165, 1.54) is 28.9 Å². The van der Waals surface area contributed by atoms with Crippen molar-refractivity contribution in [2.24, 2.45) is 0 Å². The summed E-state index contributed by atoms with van der Waals surface area (Å²) in [5.74, 6) is 0.434. The van der Waals surface area contributed by atoms with Crippen LogP contribution in [0.1, 0.15) is 33.5 Å². The highest BCUT2D eigenvalue weighted by atomic mass is 32.2. The summed E-state index contributed by atoms with van der Waals surface area (Å²) in [6.45, 7) is 0.539. The largest absolute Gasteiger partial charge is 0.355 e. The average molecular weight is 369 g/mol. The van der Waals surface area contributed by atoms with Crippen LogP contribution in [0.5, 0.6) is 0 Å². The molecule has 0 bridgehead atoms. The van der Waals surface area contributed by atoms with E-state index in [0.717, 1.165) is 12.0 Å². The van der Waals surface area contributed by atoms with E-state index >= 15 is 0 Å². The molecule has 2 aromatic carbocycles. The molecule has 26 heavy (non-hydrogen) atoms. The topological polar surface area (TPSA) is 49.4 Å². The van der Waals surface area contributed by atoms with Gasteiger partial charge in [0.05, 0.1) is 5.75 Å². The van der Waals surface area contributed by atoms with Gasteiger partial charge in [-0.25, -0.2) is 0 Å². The van der Waals surface area contributed by atoms with E-state index in [4.69, 9.17) is 0 Å². The number of aryl methyl sites for hydroxylation is 2. The summed E-state index contributed by atoms with van der Waals surface area (Å²) in [4.78, 5) is 26.9. The number of fused-ring (bicyclic) bond motifs is 1. The Balaban J connectivity index is 1.52. The first-order valence-corrected chi connectivity index (χ1v) is 9.85. The highest BCUT2D eigenvalue weighted by Gasteiger charge is 2.13. The molecule has 0 aliphatic heterocycles. The Morgan fingerprint density at radius 3 is 2.54 bits per heavy atom. The molecular weight excluding hydrogens is 344 g/mol. The van der Waals surface area contributed by atoms with Gasteiger partial charge in [-0.1, -0.05) is 18.2 Å². The Morgan fingerprint density at radius 2 is 1.81 bits per heavy atom. The van der Waals surface area contributed by atoms with Crippen LogP contribution in [0, 0.1) is 0 Å². The number of amides is 2. The minimum atomic E-state index is -0.105. The molecule has 2 aromatic rings. The Kier molecular flexibility index (Phi) is 5.99. The Bertz CT molecular complexity index is 802. The van der Waals surface area contributed by atoms with E-state index in [1.807, 2.05) is 19.2 Å². The van der Waals surface area contributed by atoms with Gasteiger partial charge in [0, 0.05) is 31.1 Å². The van der Waals surface area contributed by atoms with Crippen molar-refractivity contribution in [1.82, 2.24) is 10.2 Å². The summed E-state index contributed by atoms with van der Waals surface area (Å²) >= 11 is 1.60. The predicted octanol–water partition coefficient (Wildman–Crippen LogP) is 3.29. The lowest BCUT2D eigenvalue weighted by Gasteiger charge is -2.17. The standard InChI is InChI=1S/C21H24N2O2S/c1-22-21(25)17-8-6-15(7-9-17)13-23(2)20(24)14-26-19-11-10-16-4-3-5-18(16)12-19/h6-12H,3-5,13-14H2,1-2H3,(H,22,25). The van der Waals surface area contributed by atoms with Crippen LogP contribution in [-0.4, -0.2) is 36.6 Å². The average Bonchev–Trinajstić information content (AvgIpc) is 3.13. The van der Waals surface area contributed by atoms with E-state index in [-0.39, 0.29) is 11.8 Å². The molecule has 0 aromatic heterocycles. The number of carbonyl (C=O) groups excluding carboxylic acids is 2. The number of nitrogens with zero attached hydrogens (tertiary/aromatic N) is 1. The van der Waals surface area contributed by atoms with Gasteiger partial charge in [0.2, 0.25) is 5.91 Å². The molecule has 0 saturated heterocycles. The van der Waals surface area contributed by atoms with E-state index in [0.29, 0.717) is 17.9 Å². The molecule has 1 aliphatic rings. The molecule has 1 aliphatic carbocycles. The smallest absolute Gasteiger partial charge is 0.251 e. The van der Waals surface area contributed by atoms with Crippen LogP contribution in [0.15, 0.2) is 47.4 Å². The van der Waals surface area contributed by atoms with Crippen molar-refractivity contribution in [1.29, 1.82) is 0 Å². The number of hydrogen-bond acceptors (Lipinski definition) is 3. The molecule has 3 rings (SSSR count). The third-order valence-electron chi connectivity index (χ3n) is 4.72. The summed E-state index contributed by atoms with van der Waals surface area (Å²) < 4.78 is 0. The number of hydrogen-bond donors (Lipinski definition) is 1. The molecule has 1 N–H and O–H groups in total. The maximum atomic E-state index is 12.4. The van der Waals surface area contributed by atoms with Gasteiger partial charge >= 0.3 is 0 Å². The lowest BCUT2D eigenvalue weighted by atomic mass is 10.1. The number of benzene rings is 2. The normalized spacial score (nSPS) is 12.5. The van der Waals surface area contributed by atoms with Crippen LogP contribution in [0.4, 0.5) is 0 Å². The van der Waals surface area contributed by atoms with Crippen molar-refractivity contribution in [3.63, 3.8) is 0 Å². The van der Waals surface area contributed by atoms with Crippen molar-refractivity contribution in [3.05, 3.63) is 64.7 Å². The molecule has 0 spiro atoms. The fourth-order valence-corrected chi connectivity index (χ4v) is 4.06. The van der Waals surface area contributed by atoms with Crippen LogP contribution < -0.4 is 5.32 Å². The van der Waals surface area contributed by atoms with Gasteiger partial charge in [-0.2, -0.15) is 0 Å². The number of rotatable bonds is 6.